The Bertz CT molecular complexity index is 151. The first-order valence-electron chi connectivity index (χ1n) is 5.33. The molecule has 0 aliphatic carbocycles. The second-order valence-corrected chi connectivity index (χ2v) is 5.21. The summed E-state index contributed by atoms with van der Waals surface area (Å²) in [5.74, 6) is 0. The summed E-state index contributed by atoms with van der Waals surface area (Å²) in [5, 5.41) is 0. The molecular weight excluding hydrogens is 261 g/mol. The third-order valence-electron chi connectivity index (χ3n) is 3.10. The summed E-state index contributed by atoms with van der Waals surface area (Å²) in [6, 6.07) is 0. The Morgan fingerprint density at radius 3 is 1.60 bits per heavy atom. The summed E-state index contributed by atoms with van der Waals surface area (Å²) >= 11 is 0. The topological polar surface area (TPSA) is 29.3 Å². The summed E-state index contributed by atoms with van der Waals surface area (Å²) < 4.78 is 0. The van der Waals surface area contributed by atoms with E-state index in [2.05, 4.69) is 46.1 Å². The van der Waals surface area contributed by atoms with E-state index in [1.165, 1.54) is 19.4 Å². The third-order valence-corrected chi connectivity index (χ3v) is 3.10. The average molecular weight is 287 g/mol. The molecule has 2 N–H and O–H groups in total. The minimum atomic E-state index is 0. The van der Waals surface area contributed by atoms with Crippen molar-refractivity contribution in [3.63, 3.8) is 0 Å². The van der Waals surface area contributed by atoms with Gasteiger partial charge in [0.15, 0.2) is 0 Å². The number of hydrogen-bond acceptors (Lipinski definition) is 2. The van der Waals surface area contributed by atoms with Crippen molar-refractivity contribution in [2.75, 3.05) is 7.05 Å². The molecule has 0 aromatic carbocycles. The molecule has 15 heavy (non-hydrogen) atoms. The van der Waals surface area contributed by atoms with Crippen molar-refractivity contribution in [2.45, 2.75) is 58.5 Å². The van der Waals surface area contributed by atoms with Crippen molar-refractivity contribution < 1.29 is 32.7 Å². The zero-order valence-electron chi connectivity index (χ0n) is 11.2. The van der Waals surface area contributed by atoms with E-state index in [1.54, 1.807) is 6.92 Å². The van der Waals surface area contributed by atoms with Crippen molar-refractivity contribution in [1.82, 2.24) is 4.90 Å². The fraction of sp³-hybridized carbons (Fsp3) is 0.833. The molecule has 1 rings (SSSR count). The van der Waals surface area contributed by atoms with Crippen LogP contribution in [0, 0.1) is 13.0 Å². The van der Waals surface area contributed by atoms with E-state index in [0.717, 1.165) is 0 Å². The molecule has 0 unspecified atom stereocenters. The predicted molar refractivity (Wildman–Crippen MR) is 63.6 cm³/mol. The minimum absolute atomic E-state index is 0. The van der Waals surface area contributed by atoms with Crippen LogP contribution >= 0.6 is 0 Å². The smallest absolute Gasteiger partial charge is 0 e. The van der Waals surface area contributed by atoms with Crippen molar-refractivity contribution >= 4 is 0 Å². The zero-order valence-corrected chi connectivity index (χ0v) is 14.0. The van der Waals surface area contributed by atoms with Crippen LogP contribution in [0.3, 0.4) is 0 Å². The molecule has 1 heterocycles. The molecule has 1 aliphatic heterocycles. The van der Waals surface area contributed by atoms with Gasteiger partial charge < -0.3 is 17.1 Å². The van der Waals surface area contributed by atoms with Gasteiger partial charge in [-0.25, -0.2) is 0 Å². The number of rotatable bonds is 0. The first-order valence-corrected chi connectivity index (χ1v) is 5.33. The van der Waals surface area contributed by atoms with Crippen molar-refractivity contribution in [3.8, 4) is 0 Å². The predicted octanol–water partition coefficient (Wildman–Crippen LogP) is 2.60. The van der Waals surface area contributed by atoms with Crippen LogP contribution in [-0.2, 0) is 32.7 Å². The molecule has 0 atom stereocenters. The van der Waals surface area contributed by atoms with E-state index in [1.807, 2.05) is 0 Å². The molecule has 0 amide bonds. The van der Waals surface area contributed by atoms with Crippen LogP contribution < -0.4 is 5.73 Å². The van der Waals surface area contributed by atoms with Gasteiger partial charge in [0.2, 0.25) is 0 Å². The van der Waals surface area contributed by atoms with Gasteiger partial charge in [-0.1, -0.05) is 0 Å². The fourth-order valence-electron chi connectivity index (χ4n) is 1.87. The molecule has 0 aromatic rings. The first-order chi connectivity index (χ1) is 6.28. The second-order valence-electron chi connectivity index (χ2n) is 5.21. The van der Waals surface area contributed by atoms with Gasteiger partial charge in [-0.05, 0) is 45.8 Å². The summed E-state index contributed by atoms with van der Waals surface area (Å²) in [7, 11) is 2.23. The van der Waals surface area contributed by atoms with E-state index in [0.29, 0.717) is 11.1 Å². The van der Waals surface area contributed by atoms with Crippen LogP contribution in [0.4, 0.5) is 0 Å². The van der Waals surface area contributed by atoms with Gasteiger partial charge in [-0.15, -0.1) is 0 Å². The molecule has 1 fully saturated rings. The largest absolute Gasteiger partial charge is 0.484 e. The van der Waals surface area contributed by atoms with E-state index >= 15 is 0 Å². The molecule has 3 heteroatoms. The number of nitrogens with two attached hydrogens (primary N) is 1. The maximum atomic E-state index is 4.72. The first kappa shape index (κ1) is 18.4. The van der Waals surface area contributed by atoms with Gasteiger partial charge in [0.25, 0.3) is 0 Å². The molecule has 0 spiro atoms. The number of nitrogens with zero attached hydrogens (tertiary/aromatic N) is 1. The normalized spacial score (nSPS) is 23.4. The van der Waals surface area contributed by atoms with Crippen LogP contribution in [-0.4, -0.2) is 23.0 Å². The summed E-state index contributed by atoms with van der Waals surface area (Å²) in [5.41, 5.74) is 5.42. The van der Waals surface area contributed by atoms with Crippen molar-refractivity contribution in [1.29, 1.82) is 0 Å². The van der Waals surface area contributed by atoms with Crippen LogP contribution in [0.15, 0.2) is 0 Å². The van der Waals surface area contributed by atoms with E-state index in [9.17, 15) is 0 Å². The molecule has 0 aromatic heterocycles. The van der Waals surface area contributed by atoms with Gasteiger partial charge in [0.05, 0.1) is 0 Å². The Kier molecular flexibility index (Phi) is 9.03. The van der Waals surface area contributed by atoms with Crippen molar-refractivity contribution in [2.24, 2.45) is 5.73 Å². The van der Waals surface area contributed by atoms with E-state index in [4.69, 9.17) is 5.73 Å². The minimum Gasteiger partial charge on any atom is -0.484 e. The number of piperidine rings is 1. The molecule has 1 saturated heterocycles. The standard InChI is InChI=1S/C10H20N.C2H6N.Y/c1-9(2)7-6-8-10(3,4)11(9)5;1-2-3;/h6H,7-8H2,1-5H3;2H,3H2,1H3;/q2*-1;. The Hall–Kier alpha value is 1.02. The van der Waals surface area contributed by atoms with Gasteiger partial charge in [-0.3, -0.25) is 6.54 Å². The number of likely N-dealkylation sites (tertiary alicyclic amines) is 1. The van der Waals surface area contributed by atoms with E-state index in [-0.39, 0.29) is 32.7 Å². The Balaban J connectivity index is 0. The Morgan fingerprint density at radius 2 is 1.40 bits per heavy atom. The van der Waals surface area contributed by atoms with Gasteiger partial charge in [0, 0.05) is 32.7 Å². The molecular formula is C12H26N2Y-2. The Labute approximate surface area is 121 Å². The van der Waals surface area contributed by atoms with Crippen LogP contribution in [0.2, 0.25) is 0 Å². The molecule has 0 saturated carbocycles. The molecule has 2 nitrogen and oxygen atoms in total. The SMILES string of the molecule is CN1C(C)(C)C[CH-]CC1(C)C.C[CH-]N.[Y]. The van der Waals surface area contributed by atoms with Crippen molar-refractivity contribution in [3.05, 3.63) is 13.0 Å². The summed E-state index contributed by atoms with van der Waals surface area (Å²) in [4.78, 5) is 2.49. The molecule has 1 aliphatic rings. The third kappa shape index (κ3) is 5.77. The molecule has 89 valence electrons. The van der Waals surface area contributed by atoms with Gasteiger partial charge in [0.1, 0.15) is 0 Å². The number of hydrogen-bond donors (Lipinski definition) is 1. The summed E-state index contributed by atoms with van der Waals surface area (Å²) in [6.07, 6.45) is 4.85. The quantitative estimate of drug-likeness (QED) is 0.694. The molecule has 0 bridgehead atoms. The average Bonchev–Trinajstić information content (AvgIpc) is 2.01. The van der Waals surface area contributed by atoms with Crippen LogP contribution in [0.25, 0.3) is 0 Å². The van der Waals surface area contributed by atoms with Crippen LogP contribution in [0.1, 0.15) is 47.5 Å². The Morgan fingerprint density at radius 1 is 1.13 bits per heavy atom. The maximum absolute atomic E-state index is 4.72. The second kappa shape index (κ2) is 7.37. The van der Waals surface area contributed by atoms with E-state index < -0.39 is 0 Å². The molecule has 1 radical (unpaired) electrons. The van der Waals surface area contributed by atoms with Gasteiger partial charge >= 0.3 is 0 Å². The fourth-order valence-corrected chi connectivity index (χ4v) is 1.87. The maximum Gasteiger partial charge on any atom is 0 e. The summed E-state index contributed by atoms with van der Waals surface area (Å²) in [6.45, 7) is 12.5. The van der Waals surface area contributed by atoms with Gasteiger partial charge in [-0.2, -0.15) is 19.8 Å². The van der Waals surface area contributed by atoms with Crippen LogP contribution in [0.5, 0.6) is 0 Å². The monoisotopic (exact) mass is 287 g/mol. The zero-order chi connectivity index (χ0) is 11.4.